The monoisotopic (exact) mass is 737 g/mol. The van der Waals surface area contributed by atoms with Crippen LogP contribution in [0.4, 0.5) is 0 Å². The van der Waals surface area contributed by atoms with Crippen molar-refractivity contribution in [1.29, 1.82) is 0 Å². The predicted molar refractivity (Wildman–Crippen MR) is 242 cm³/mol. The fourth-order valence-corrected chi connectivity index (χ4v) is 8.50. The highest BCUT2D eigenvalue weighted by Gasteiger charge is 2.17. The molecule has 0 N–H and O–H groups in total. The molecular weight excluding hydrogens is 703 g/mol. The van der Waals surface area contributed by atoms with Gasteiger partial charge in [0.25, 0.3) is 0 Å². The Hall–Kier alpha value is -7.75. The van der Waals surface area contributed by atoms with Gasteiger partial charge in [0.15, 0.2) is 17.5 Å². The van der Waals surface area contributed by atoms with Crippen LogP contribution in [0.1, 0.15) is 0 Å². The smallest absolute Gasteiger partial charge is 0.164 e. The average molecular weight is 738 g/mol. The molecule has 0 unspecified atom stereocenters. The first-order valence-corrected chi connectivity index (χ1v) is 19.7. The van der Waals surface area contributed by atoms with E-state index in [4.69, 9.17) is 15.0 Å². The van der Waals surface area contributed by atoms with E-state index in [0.717, 1.165) is 33.4 Å². The Morgan fingerprint density at radius 1 is 0.224 bits per heavy atom. The Balaban J connectivity index is 1.05. The summed E-state index contributed by atoms with van der Waals surface area (Å²) < 4.78 is 0. The van der Waals surface area contributed by atoms with Crippen LogP contribution in [0.25, 0.3) is 111 Å². The van der Waals surface area contributed by atoms with E-state index < -0.39 is 0 Å². The number of fused-ring (bicyclic) bond motifs is 7. The molecule has 11 rings (SSSR count). The van der Waals surface area contributed by atoms with Crippen LogP contribution >= 0.6 is 0 Å². The third-order valence-electron chi connectivity index (χ3n) is 11.3. The SMILES string of the molecule is c1ccc(-c2cccc(-c3nc(-c4ccccc4)nc(-c4ccc(-c5ccc6ccccc6c5-c5ccc6c7ccccc7c7ccccc7c6c5)cc4)n3)c2)cc1. The Bertz CT molecular complexity index is 3280. The maximum atomic E-state index is 5.10. The summed E-state index contributed by atoms with van der Waals surface area (Å²) in [6.45, 7) is 0. The molecule has 0 spiro atoms. The Morgan fingerprint density at radius 2 is 0.672 bits per heavy atom. The Labute approximate surface area is 336 Å². The van der Waals surface area contributed by atoms with Crippen LogP contribution in [0.3, 0.4) is 0 Å². The van der Waals surface area contributed by atoms with E-state index in [1.807, 2.05) is 36.4 Å². The third-order valence-corrected chi connectivity index (χ3v) is 11.3. The normalized spacial score (nSPS) is 11.4. The molecule has 0 bridgehead atoms. The molecule has 0 saturated heterocycles. The van der Waals surface area contributed by atoms with Gasteiger partial charge in [0.05, 0.1) is 0 Å². The number of hydrogen-bond acceptors (Lipinski definition) is 3. The van der Waals surface area contributed by atoms with Gasteiger partial charge in [-0.1, -0.05) is 200 Å². The molecule has 0 aliphatic carbocycles. The van der Waals surface area contributed by atoms with Gasteiger partial charge in [-0.05, 0) is 88.6 Å². The number of hydrogen-bond donors (Lipinski definition) is 0. The molecule has 58 heavy (non-hydrogen) atoms. The fraction of sp³-hybridized carbons (Fsp3) is 0. The zero-order valence-electron chi connectivity index (χ0n) is 31.5. The molecule has 0 amide bonds. The average Bonchev–Trinajstić information content (AvgIpc) is 3.31. The highest BCUT2D eigenvalue weighted by molar-refractivity contribution is 6.26. The first kappa shape index (κ1) is 33.6. The van der Waals surface area contributed by atoms with E-state index in [-0.39, 0.29) is 0 Å². The lowest BCUT2D eigenvalue weighted by Gasteiger charge is -2.17. The van der Waals surface area contributed by atoms with Gasteiger partial charge in [-0.3, -0.25) is 0 Å². The van der Waals surface area contributed by atoms with Gasteiger partial charge < -0.3 is 0 Å². The van der Waals surface area contributed by atoms with Crippen LogP contribution < -0.4 is 0 Å². The molecule has 270 valence electrons. The Morgan fingerprint density at radius 3 is 1.33 bits per heavy atom. The summed E-state index contributed by atoms with van der Waals surface area (Å²) >= 11 is 0. The van der Waals surface area contributed by atoms with Crippen LogP contribution in [0.2, 0.25) is 0 Å². The minimum Gasteiger partial charge on any atom is -0.208 e. The van der Waals surface area contributed by atoms with Gasteiger partial charge in [0.1, 0.15) is 0 Å². The van der Waals surface area contributed by atoms with Gasteiger partial charge in [0, 0.05) is 16.7 Å². The van der Waals surface area contributed by atoms with Gasteiger partial charge >= 0.3 is 0 Å². The summed E-state index contributed by atoms with van der Waals surface area (Å²) in [5.74, 6) is 1.91. The van der Waals surface area contributed by atoms with Crippen molar-refractivity contribution in [2.24, 2.45) is 0 Å². The number of aromatic nitrogens is 3. The predicted octanol–water partition coefficient (Wildman–Crippen LogP) is 14.5. The molecule has 0 aliphatic heterocycles. The number of rotatable bonds is 6. The quantitative estimate of drug-likeness (QED) is 0.160. The standard InChI is InChI=1S/C55H35N3/c1-3-14-36(15-4-1)41-19-13-20-43(34-41)55-57-53(39-17-5-2-6-18-39)56-54(58-55)40-28-26-38(27-29-40)45-32-30-37-16-7-8-21-44(37)52(45)42-31-33-50-48-24-10-9-22-46(48)47-23-11-12-25-49(47)51(50)35-42/h1-35H. The van der Waals surface area contributed by atoms with Crippen molar-refractivity contribution < 1.29 is 0 Å². The van der Waals surface area contributed by atoms with Gasteiger partial charge in [-0.25, -0.2) is 15.0 Å². The highest BCUT2D eigenvalue weighted by Crippen LogP contribution is 2.42. The molecule has 0 saturated carbocycles. The second-order valence-electron chi connectivity index (χ2n) is 14.8. The van der Waals surface area contributed by atoms with Gasteiger partial charge in [-0.15, -0.1) is 0 Å². The molecule has 0 fully saturated rings. The summed E-state index contributed by atoms with van der Waals surface area (Å²) in [5.41, 5.74) is 9.79. The van der Waals surface area contributed by atoms with Gasteiger partial charge in [0.2, 0.25) is 0 Å². The zero-order chi connectivity index (χ0) is 38.4. The number of nitrogens with zero attached hydrogens (tertiary/aromatic N) is 3. The largest absolute Gasteiger partial charge is 0.208 e. The molecule has 0 radical (unpaired) electrons. The van der Waals surface area contributed by atoms with Crippen molar-refractivity contribution in [3.8, 4) is 67.5 Å². The summed E-state index contributed by atoms with van der Waals surface area (Å²) in [4.78, 5) is 15.1. The third kappa shape index (κ3) is 5.89. The van der Waals surface area contributed by atoms with Crippen molar-refractivity contribution in [3.63, 3.8) is 0 Å². The van der Waals surface area contributed by atoms with E-state index in [0.29, 0.717) is 17.5 Å². The molecule has 3 nitrogen and oxygen atoms in total. The fourth-order valence-electron chi connectivity index (χ4n) is 8.50. The summed E-state index contributed by atoms with van der Waals surface area (Å²) in [6.07, 6.45) is 0. The van der Waals surface area contributed by atoms with Crippen LogP contribution in [-0.4, -0.2) is 15.0 Å². The first-order valence-electron chi connectivity index (χ1n) is 19.7. The molecule has 10 aromatic carbocycles. The summed E-state index contributed by atoms with van der Waals surface area (Å²) in [7, 11) is 0. The minimum absolute atomic E-state index is 0.632. The van der Waals surface area contributed by atoms with Crippen molar-refractivity contribution in [2.45, 2.75) is 0 Å². The van der Waals surface area contributed by atoms with E-state index in [1.165, 1.54) is 59.8 Å². The second kappa shape index (κ2) is 14.1. The molecule has 0 atom stereocenters. The summed E-state index contributed by atoms with van der Waals surface area (Å²) in [5, 5.41) is 10.1. The molecular formula is C55H35N3. The zero-order valence-corrected chi connectivity index (χ0v) is 31.5. The number of benzene rings is 10. The maximum Gasteiger partial charge on any atom is 0.164 e. The van der Waals surface area contributed by atoms with Crippen LogP contribution in [0.15, 0.2) is 212 Å². The van der Waals surface area contributed by atoms with Crippen molar-refractivity contribution >= 4 is 43.1 Å². The molecule has 1 heterocycles. The van der Waals surface area contributed by atoms with E-state index in [2.05, 4.69) is 176 Å². The van der Waals surface area contributed by atoms with E-state index in [9.17, 15) is 0 Å². The highest BCUT2D eigenvalue weighted by atomic mass is 15.0. The van der Waals surface area contributed by atoms with Crippen LogP contribution in [-0.2, 0) is 0 Å². The first-order chi connectivity index (χ1) is 28.7. The molecule has 11 aromatic rings. The Kier molecular flexibility index (Phi) is 8.15. The molecule has 3 heteroatoms. The topological polar surface area (TPSA) is 38.7 Å². The lowest BCUT2D eigenvalue weighted by molar-refractivity contribution is 1.07. The lowest BCUT2D eigenvalue weighted by Crippen LogP contribution is -2.00. The van der Waals surface area contributed by atoms with Crippen molar-refractivity contribution in [2.75, 3.05) is 0 Å². The van der Waals surface area contributed by atoms with Crippen molar-refractivity contribution in [3.05, 3.63) is 212 Å². The van der Waals surface area contributed by atoms with E-state index >= 15 is 0 Å². The van der Waals surface area contributed by atoms with Crippen molar-refractivity contribution in [1.82, 2.24) is 15.0 Å². The molecule has 0 aliphatic rings. The maximum absolute atomic E-state index is 5.10. The lowest BCUT2D eigenvalue weighted by atomic mass is 9.87. The molecule has 1 aromatic heterocycles. The van der Waals surface area contributed by atoms with E-state index in [1.54, 1.807) is 0 Å². The van der Waals surface area contributed by atoms with Crippen LogP contribution in [0, 0.1) is 0 Å². The minimum atomic E-state index is 0.632. The second-order valence-corrected chi connectivity index (χ2v) is 14.8. The van der Waals surface area contributed by atoms with Crippen LogP contribution in [0.5, 0.6) is 0 Å². The van der Waals surface area contributed by atoms with Gasteiger partial charge in [-0.2, -0.15) is 0 Å². The summed E-state index contributed by atoms with van der Waals surface area (Å²) in [6, 6.07) is 75.4.